The van der Waals surface area contributed by atoms with Crippen molar-refractivity contribution in [2.45, 2.75) is 25.7 Å². The third-order valence-electron chi connectivity index (χ3n) is 4.25. The second-order valence-electron chi connectivity index (χ2n) is 6.09. The summed E-state index contributed by atoms with van der Waals surface area (Å²) in [4.78, 5) is 21.3. The minimum Gasteiger partial charge on any atom is -0.342 e. The number of likely N-dealkylation sites (tertiary alicyclic amines) is 1. The summed E-state index contributed by atoms with van der Waals surface area (Å²) >= 11 is 0. The average Bonchev–Trinajstić information content (AvgIpc) is 3.00. The smallest absolute Gasteiger partial charge is 0.317 e. The van der Waals surface area contributed by atoms with Gasteiger partial charge in [-0.25, -0.2) is 14.2 Å². The van der Waals surface area contributed by atoms with E-state index in [1.165, 1.54) is 12.1 Å². The number of imidazole rings is 1. The van der Waals surface area contributed by atoms with Gasteiger partial charge in [0.2, 0.25) is 0 Å². The van der Waals surface area contributed by atoms with Gasteiger partial charge in [0.15, 0.2) is 0 Å². The number of aromatic amines is 1. The van der Waals surface area contributed by atoms with E-state index in [9.17, 15) is 9.18 Å². The topological polar surface area (TPSA) is 84.8 Å². The molecule has 6 nitrogen and oxygen atoms in total. The third kappa shape index (κ3) is 3.82. The van der Waals surface area contributed by atoms with Gasteiger partial charge in [-0.05, 0) is 37.5 Å². The molecule has 1 unspecified atom stereocenters. The number of aryl methyl sites for hydroxylation is 1. The molecule has 2 heterocycles. The van der Waals surface area contributed by atoms with E-state index in [1.807, 2.05) is 0 Å². The molecule has 2 aromatic rings. The molecule has 0 saturated carbocycles. The number of nitrogens with one attached hydrogen (secondary N) is 2. The number of piperidine rings is 1. The average molecular weight is 329 g/mol. The Balaban J connectivity index is 1.44. The number of carbonyl (C=O) groups excluding carboxylic acids is 1. The zero-order valence-corrected chi connectivity index (χ0v) is 13.4. The highest BCUT2D eigenvalue weighted by atomic mass is 19.1. The van der Waals surface area contributed by atoms with Crippen molar-refractivity contribution >= 4 is 17.1 Å². The fourth-order valence-corrected chi connectivity index (χ4v) is 2.98. The van der Waals surface area contributed by atoms with Gasteiger partial charge >= 0.3 is 6.03 Å². The number of rotatable bonds is 4. The van der Waals surface area contributed by atoms with Gasteiger partial charge < -0.3 is 15.2 Å². The van der Waals surface area contributed by atoms with Gasteiger partial charge in [-0.2, -0.15) is 5.26 Å². The first kappa shape index (κ1) is 16.2. The Labute approximate surface area is 139 Å². The molecule has 0 bridgehead atoms. The van der Waals surface area contributed by atoms with E-state index in [0.717, 1.165) is 30.6 Å². The van der Waals surface area contributed by atoms with Crippen LogP contribution in [0.2, 0.25) is 0 Å². The molecule has 0 spiro atoms. The van der Waals surface area contributed by atoms with E-state index < -0.39 is 0 Å². The van der Waals surface area contributed by atoms with Gasteiger partial charge in [0.05, 0.1) is 23.0 Å². The monoisotopic (exact) mass is 329 g/mol. The molecule has 1 aliphatic rings. The Hall–Kier alpha value is -2.62. The summed E-state index contributed by atoms with van der Waals surface area (Å²) in [6.45, 7) is 1.76. The number of benzene rings is 1. The molecule has 2 amide bonds. The van der Waals surface area contributed by atoms with Crippen molar-refractivity contribution in [3.05, 3.63) is 29.8 Å². The lowest BCUT2D eigenvalue weighted by Crippen LogP contribution is -2.45. The summed E-state index contributed by atoms with van der Waals surface area (Å²) in [5, 5.41) is 11.9. The number of nitrogens with zero attached hydrogens (tertiary/aromatic N) is 3. The fraction of sp³-hybridized carbons (Fsp3) is 0.471. The quantitative estimate of drug-likeness (QED) is 0.846. The lowest BCUT2D eigenvalue weighted by molar-refractivity contribution is 0.176. The second-order valence-corrected chi connectivity index (χ2v) is 6.09. The van der Waals surface area contributed by atoms with Crippen LogP contribution in [0.1, 0.15) is 25.1 Å². The maximum Gasteiger partial charge on any atom is 0.317 e. The first-order valence-electron chi connectivity index (χ1n) is 8.22. The number of nitriles is 1. The van der Waals surface area contributed by atoms with E-state index in [1.54, 1.807) is 11.0 Å². The number of hydrogen-bond acceptors (Lipinski definition) is 3. The molecular weight excluding hydrogens is 309 g/mol. The number of fused-ring (bicyclic) bond motifs is 1. The van der Waals surface area contributed by atoms with Crippen molar-refractivity contribution in [1.29, 1.82) is 5.26 Å². The molecule has 2 N–H and O–H groups in total. The van der Waals surface area contributed by atoms with Crippen molar-refractivity contribution in [3.8, 4) is 6.07 Å². The number of carbonyl (C=O) groups is 1. The highest BCUT2D eigenvalue weighted by molar-refractivity contribution is 5.75. The molecule has 1 aromatic heterocycles. The van der Waals surface area contributed by atoms with Crippen LogP contribution in [0.5, 0.6) is 0 Å². The molecule has 1 saturated heterocycles. The van der Waals surface area contributed by atoms with E-state index in [4.69, 9.17) is 5.26 Å². The number of H-pyrrole nitrogens is 1. The SMILES string of the molecule is N#CC1CCCN(C(=O)NCCCc2nc3ccc(F)cc3[nH]2)C1. The van der Waals surface area contributed by atoms with E-state index in [-0.39, 0.29) is 17.8 Å². The summed E-state index contributed by atoms with van der Waals surface area (Å²) in [7, 11) is 0. The Morgan fingerprint density at radius 1 is 1.54 bits per heavy atom. The minimum atomic E-state index is -0.290. The Kier molecular flexibility index (Phi) is 4.94. The summed E-state index contributed by atoms with van der Waals surface area (Å²) in [6, 6.07) is 6.59. The molecule has 3 rings (SSSR count). The number of hydrogen-bond donors (Lipinski definition) is 2. The van der Waals surface area contributed by atoms with Gasteiger partial charge in [-0.15, -0.1) is 0 Å². The Morgan fingerprint density at radius 3 is 3.25 bits per heavy atom. The largest absolute Gasteiger partial charge is 0.342 e. The third-order valence-corrected chi connectivity index (χ3v) is 4.25. The minimum absolute atomic E-state index is 0.0551. The molecule has 1 aliphatic heterocycles. The van der Waals surface area contributed by atoms with E-state index in [0.29, 0.717) is 31.6 Å². The molecule has 0 aliphatic carbocycles. The molecule has 1 atom stereocenters. The lowest BCUT2D eigenvalue weighted by atomic mass is 10.0. The molecule has 24 heavy (non-hydrogen) atoms. The summed E-state index contributed by atoms with van der Waals surface area (Å²) in [5.41, 5.74) is 1.43. The van der Waals surface area contributed by atoms with Crippen molar-refractivity contribution in [2.24, 2.45) is 5.92 Å². The Bertz CT molecular complexity index is 766. The predicted molar refractivity (Wildman–Crippen MR) is 87.7 cm³/mol. The van der Waals surface area contributed by atoms with Crippen LogP contribution >= 0.6 is 0 Å². The van der Waals surface area contributed by atoms with Crippen LogP contribution in [0, 0.1) is 23.1 Å². The van der Waals surface area contributed by atoms with Crippen molar-refractivity contribution in [1.82, 2.24) is 20.2 Å². The molecular formula is C17H20FN5O. The normalized spacial score (nSPS) is 17.7. The number of amides is 2. The molecule has 0 radical (unpaired) electrons. The van der Waals surface area contributed by atoms with Gasteiger partial charge in [0, 0.05) is 26.1 Å². The number of halogens is 1. The fourth-order valence-electron chi connectivity index (χ4n) is 2.98. The highest BCUT2D eigenvalue weighted by Crippen LogP contribution is 2.15. The summed E-state index contributed by atoms with van der Waals surface area (Å²) in [6.07, 6.45) is 3.16. The van der Waals surface area contributed by atoms with Crippen molar-refractivity contribution in [2.75, 3.05) is 19.6 Å². The maximum absolute atomic E-state index is 13.2. The van der Waals surface area contributed by atoms with Gasteiger partial charge in [0.1, 0.15) is 11.6 Å². The van der Waals surface area contributed by atoms with Crippen LogP contribution in [-0.4, -0.2) is 40.5 Å². The van der Waals surface area contributed by atoms with Crippen LogP contribution in [0.25, 0.3) is 11.0 Å². The highest BCUT2D eigenvalue weighted by Gasteiger charge is 2.22. The van der Waals surface area contributed by atoms with Crippen molar-refractivity contribution in [3.63, 3.8) is 0 Å². The second kappa shape index (κ2) is 7.30. The number of urea groups is 1. The van der Waals surface area contributed by atoms with Crippen molar-refractivity contribution < 1.29 is 9.18 Å². The van der Waals surface area contributed by atoms with Crippen LogP contribution in [-0.2, 0) is 6.42 Å². The van der Waals surface area contributed by atoms with Crippen LogP contribution in [0.15, 0.2) is 18.2 Å². The zero-order chi connectivity index (χ0) is 16.9. The van der Waals surface area contributed by atoms with Crippen LogP contribution in [0.3, 0.4) is 0 Å². The van der Waals surface area contributed by atoms with Gasteiger partial charge in [-0.1, -0.05) is 0 Å². The van der Waals surface area contributed by atoms with E-state index in [2.05, 4.69) is 21.4 Å². The zero-order valence-electron chi connectivity index (χ0n) is 13.4. The summed E-state index contributed by atoms with van der Waals surface area (Å²) < 4.78 is 13.2. The first-order valence-corrected chi connectivity index (χ1v) is 8.22. The number of aromatic nitrogens is 2. The van der Waals surface area contributed by atoms with Crippen LogP contribution < -0.4 is 5.32 Å². The molecule has 126 valence electrons. The molecule has 7 heteroatoms. The van der Waals surface area contributed by atoms with Gasteiger partial charge in [0.25, 0.3) is 0 Å². The van der Waals surface area contributed by atoms with Crippen LogP contribution in [0.4, 0.5) is 9.18 Å². The first-order chi connectivity index (χ1) is 11.7. The molecule has 1 aromatic carbocycles. The molecule has 1 fully saturated rings. The summed E-state index contributed by atoms with van der Waals surface area (Å²) in [5.74, 6) is 0.440. The van der Waals surface area contributed by atoms with E-state index >= 15 is 0 Å². The van der Waals surface area contributed by atoms with Gasteiger partial charge in [-0.3, -0.25) is 0 Å². The maximum atomic E-state index is 13.2. The Morgan fingerprint density at radius 2 is 2.42 bits per heavy atom. The lowest BCUT2D eigenvalue weighted by Gasteiger charge is -2.29. The standard InChI is InChI=1S/C17H20FN5O/c18-13-5-6-14-15(9-13)22-16(21-14)4-1-7-20-17(24)23-8-2-3-12(10-19)11-23/h5-6,9,12H,1-4,7-8,11H2,(H,20,24)(H,21,22). The predicted octanol–water partition coefficient (Wildman–Crippen LogP) is 2.58.